The summed E-state index contributed by atoms with van der Waals surface area (Å²) in [6.07, 6.45) is 3.84. The van der Waals surface area contributed by atoms with Crippen molar-refractivity contribution in [1.82, 2.24) is 9.80 Å². The second-order valence-electron chi connectivity index (χ2n) is 8.33. The molecule has 0 unspecified atom stereocenters. The highest BCUT2D eigenvalue weighted by Crippen LogP contribution is 2.36. The Balaban J connectivity index is 1.93. The number of ether oxygens (including phenoxy) is 1. The minimum Gasteiger partial charge on any atom is -0.379 e. The molecule has 138 valence electrons. The number of carbonyl (C=O) groups is 2. The number of ketones is 1. The summed E-state index contributed by atoms with van der Waals surface area (Å²) in [5, 5.41) is 0. The Morgan fingerprint density at radius 1 is 1.08 bits per heavy atom. The standard InChI is InChI=1S/C19H34N2O3/c1-19(2,3)17(22)15-7-5-6-8-16(15)18(23)20(4)9-10-21-11-13-24-14-12-21/h15-16H,5-14H2,1-4H3/t15-,16+/m1/s1. The average Bonchev–Trinajstić information content (AvgIpc) is 2.58. The number of hydrogen-bond donors (Lipinski definition) is 0. The first-order valence-electron chi connectivity index (χ1n) is 9.40. The van der Waals surface area contributed by atoms with Gasteiger partial charge in [-0.3, -0.25) is 14.5 Å². The van der Waals surface area contributed by atoms with E-state index in [1.807, 2.05) is 32.7 Å². The number of amides is 1. The van der Waals surface area contributed by atoms with Crippen molar-refractivity contribution in [3.63, 3.8) is 0 Å². The van der Waals surface area contributed by atoms with Crippen molar-refractivity contribution in [2.45, 2.75) is 46.5 Å². The maximum atomic E-state index is 12.9. The van der Waals surface area contributed by atoms with Crippen LogP contribution in [-0.2, 0) is 14.3 Å². The highest BCUT2D eigenvalue weighted by molar-refractivity contribution is 5.91. The van der Waals surface area contributed by atoms with E-state index in [9.17, 15) is 9.59 Å². The average molecular weight is 338 g/mol. The summed E-state index contributed by atoms with van der Waals surface area (Å²) in [6.45, 7) is 11.0. The maximum absolute atomic E-state index is 12.9. The van der Waals surface area contributed by atoms with Gasteiger partial charge in [-0.05, 0) is 12.8 Å². The molecule has 0 aromatic heterocycles. The van der Waals surface area contributed by atoms with Gasteiger partial charge in [-0.15, -0.1) is 0 Å². The largest absolute Gasteiger partial charge is 0.379 e. The molecule has 0 radical (unpaired) electrons. The molecule has 0 bridgehead atoms. The Kier molecular flexibility index (Phi) is 6.81. The number of Topliss-reactive ketones (excluding diaryl/α,β-unsaturated/α-hetero) is 1. The Hall–Kier alpha value is -0.940. The molecule has 1 heterocycles. The van der Waals surface area contributed by atoms with E-state index in [0.717, 1.165) is 65.1 Å². The van der Waals surface area contributed by atoms with Crippen LogP contribution in [0.3, 0.4) is 0 Å². The first-order chi connectivity index (χ1) is 11.3. The molecular weight excluding hydrogens is 304 g/mol. The molecule has 1 aliphatic heterocycles. The summed E-state index contributed by atoms with van der Waals surface area (Å²) >= 11 is 0. The van der Waals surface area contributed by atoms with Crippen LogP contribution in [0.5, 0.6) is 0 Å². The highest BCUT2D eigenvalue weighted by Gasteiger charge is 2.40. The molecular formula is C19H34N2O3. The van der Waals surface area contributed by atoms with Crippen molar-refractivity contribution in [3.05, 3.63) is 0 Å². The number of carbonyl (C=O) groups excluding carboxylic acids is 2. The smallest absolute Gasteiger partial charge is 0.226 e. The van der Waals surface area contributed by atoms with Crippen LogP contribution in [-0.4, -0.2) is 67.9 Å². The van der Waals surface area contributed by atoms with Gasteiger partial charge in [0.1, 0.15) is 5.78 Å². The third-order valence-corrected chi connectivity index (χ3v) is 5.39. The normalized spacial score (nSPS) is 26.2. The van der Waals surface area contributed by atoms with Crippen molar-refractivity contribution in [3.8, 4) is 0 Å². The van der Waals surface area contributed by atoms with Gasteiger partial charge in [0.05, 0.1) is 13.2 Å². The van der Waals surface area contributed by atoms with Gasteiger partial charge in [0.15, 0.2) is 0 Å². The van der Waals surface area contributed by atoms with E-state index in [1.165, 1.54) is 0 Å². The van der Waals surface area contributed by atoms with Gasteiger partial charge < -0.3 is 9.64 Å². The first-order valence-corrected chi connectivity index (χ1v) is 9.40. The van der Waals surface area contributed by atoms with Crippen LogP contribution < -0.4 is 0 Å². The monoisotopic (exact) mass is 338 g/mol. The summed E-state index contributed by atoms with van der Waals surface area (Å²) in [4.78, 5) is 29.9. The molecule has 1 saturated heterocycles. The molecule has 5 nitrogen and oxygen atoms in total. The third-order valence-electron chi connectivity index (χ3n) is 5.39. The molecule has 5 heteroatoms. The molecule has 24 heavy (non-hydrogen) atoms. The lowest BCUT2D eigenvalue weighted by atomic mass is 9.70. The summed E-state index contributed by atoms with van der Waals surface area (Å²) in [5.41, 5.74) is -0.368. The Labute approximate surface area is 146 Å². The van der Waals surface area contributed by atoms with Crippen LogP contribution in [0.2, 0.25) is 0 Å². The minimum absolute atomic E-state index is 0.0999. The van der Waals surface area contributed by atoms with Crippen LogP contribution >= 0.6 is 0 Å². The van der Waals surface area contributed by atoms with Crippen molar-refractivity contribution in [1.29, 1.82) is 0 Å². The fourth-order valence-electron chi connectivity index (χ4n) is 3.81. The van der Waals surface area contributed by atoms with Crippen LogP contribution in [0.4, 0.5) is 0 Å². The summed E-state index contributed by atoms with van der Waals surface area (Å²) < 4.78 is 5.36. The lowest BCUT2D eigenvalue weighted by Crippen LogP contribution is -2.46. The molecule has 0 N–H and O–H groups in total. The predicted molar refractivity (Wildman–Crippen MR) is 94.8 cm³/mol. The SMILES string of the molecule is CN(CCN1CCOCC1)C(=O)[C@H]1CCCC[C@H]1C(=O)C(C)(C)C. The number of rotatable bonds is 5. The van der Waals surface area contributed by atoms with E-state index in [1.54, 1.807) is 0 Å². The lowest BCUT2D eigenvalue weighted by Gasteiger charge is -2.36. The molecule has 2 rings (SSSR count). The van der Waals surface area contributed by atoms with E-state index in [2.05, 4.69) is 4.90 Å². The molecule has 0 spiro atoms. The number of hydrogen-bond acceptors (Lipinski definition) is 4. The van der Waals surface area contributed by atoms with E-state index in [-0.39, 0.29) is 28.9 Å². The summed E-state index contributed by atoms with van der Waals surface area (Å²) in [6, 6.07) is 0. The Morgan fingerprint density at radius 2 is 1.67 bits per heavy atom. The molecule has 2 atom stereocenters. The van der Waals surface area contributed by atoms with Crippen LogP contribution in [0.25, 0.3) is 0 Å². The van der Waals surface area contributed by atoms with Crippen LogP contribution in [0.15, 0.2) is 0 Å². The van der Waals surface area contributed by atoms with Gasteiger partial charge in [0.2, 0.25) is 5.91 Å². The predicted octanol–water partition coefficient (Wildman–Crippen LogP) is 2.20. The zero-order valence-corrected chi connectivity index (χ0v) is 15.8. The van der Waals surface area contributed by atoms with E-state index < -0.39 is 0 Å². The fourth-order valence-corrected chi connectivity index (χ4v) is 3.81. The lowest BCUT2D eigenvalue weighted by molar-refractivity contribution is -0.145. The van der Waals surface area contributed by atoms with Gasteiger partial charge in [-0.2, -0.15) is 0 Å². The minimum atomic E-state index is -0.368. The fraction of sp³-hybridized carbons (Fsp3) is 0.895. The van der Waals surface area contributed by atoms with E-state index >= 15 is 0 Å². The number of nitrogens with zero attached hydrogens (tertiary/aromatic N) is 2. The molecule has 2 aliphatic rings. The molecule has 1 aliphatic carbocycles. The van der Waals surface area contributed by atoms with Crippen molar-refractivity contribution < 1.29 is 14.3 Å². The highest BCUT2D eigenvalue weighted by atomic mass is 16.5. The Bertz CT molecular complexity index is 438. The van der Waals surface area contributed by atoms with Crippen LogP contribution in [0.1, 0.15) is 46.5 Å². The van der Waals surface area contributed by atoms with Gasteiger partial charge in [0.25, 0.3) is 0 Å². The van der Waals surface area contributed by atoms with Crippen molar-refractivity contribution in [2.75, 3.05) is 46.4 Å². The molecule has 1 saturated carbocycles. The third kappa shape index (κ3) is 5.03. The van der Waals surface area contributed by atoms with Crippen molar-refractivity contribution in [2.24, 2.45) is 17.3 Å². The second-order valence-corrected chi connectivity index (χ2v) is 8.33. The Morgan fingerprint density at radius 3 is 2.25 bits per heavy atom. The number of likely N-dealkylation sites (N-methyl/N-ethyl adjacent to an activating group) is 1. The van der Waals surface area contributed by atoms with Crippen molar-refractivity contribution >= 4 is 11.7 Å². The van der Waals surface area contributed by atoms with E-state index in [4.69, 9.17) is 4.74 Å². The zero-order valence-electron chi connectivity index (χ0n) is 15.8. The van der Waals surface area contributed by atoms with Gasteiger partial charge >= 0.3 is 0 Å². The maximum Gasteiger partial charge on any atom is 0.226 e. The molecule has 2 fully saturated rings. The van der Waals surface area contributed by atoms with Gasteiger partial charge in [-0.25, -0.2) is 0 Å². The molecule has 0 aromatic rings. The summed E-state index contributed by atoms with van der Waals surface area (Å²) in [7, 11) is 1.88. The molecule has 0 aromatic carbocycles. The van der Waals surface area contributed by atoms with E-state index in [0.29, 0.717) is 0 Å². The number of morpholine rings is 1. The summed E-state index contributed by atoms with van der Waals surface area (Å²) in [5.74, 6) is 0.185. The van der Waals surface area contributed by atoms with Gasteiger partial charge in [0, 0.05) is 50.5 Å². The molecule has 1 amide bonds. The van der Waals surface area contributed by atoms with Crippen LogP contribution in [0, 0.1) is 17.3 Å². The first kappa shape index (κ1) is 19.4. The second kappa shape index (κ2) is 8.43. The zero-order chi connectivity index (χ0) is 17.7. The van der Waals surface area contributed by atoms with Gasteiger partial charge in [-0.1, -0.05) is 33.6 Å². The topological polar surface area (TPSA) is 49.9 Å². The quantitative estimate of drug-likeness (QED) is 0.771.